The Morgan fingerprint density at radius 3 is 2.73 bits per heavy atom. The number of carbonyl (C=O) groups is 1. The Bertz CT molecular complexity index is 1190. The maximum Gasteiger partial charge on any atom is 0.425 e. The lowest BCUT2D eigenvalue weighted by atomic mass is 10.1. The first-order valence-corrected chi connectivity index (χ1v) is 10.2. The third-order valence-corrected chi connectivity index (χ3v) is 5.58. The van der Waals surface area contributed by atoms with Crippen LogP contribution < -0.4 is 4.74 Å². The molecule has 0 aliphatic carbocycles. The molecular weight excluding hydrogens is 466 g/mol. The number of aliphatic imine (C=N–C) groups is 1. The Kier molecular flexibility index (Phi) is 5.88. The fraction of sp³-hybridized carbons (Fsp3) is 0.333. The lowest BCUT2D eigenvalue weighted by molar-refractivity contribution is -0.189. The van der Waals surface area contributed by atoms with Gasteiger partial charge in [0, 0.05) is 18.3 Å². The summed E-state index contributed by atoms with van der Waals surface area (Å²) in [6, 6.07) is 4.13. The summed E-state index contributed by atoms with van der Waals surface area (Å²) in [5, 5.41) is 13.3. The van der Waals surface area contributed by atoms with Gasteiger partial charge in [0.15, 0.2) is 6.10 Å². The van der Waals surface area contributed by atoms with E-state index < -0.39 is 24.4 Å². The number of amides is 1. The smallest absolute Gasteiger partial charge is 0.425 e. The van der Waals surface area contributed by atoms with Gasteiger partial charge < -0.3 is 9.64 Å². The van der Waals surface area contributed by atoms with E-state index in [1.807, 2.05) is 6.07 Å². The molecule has 1 amide bonds. The maximum absolute atomic E-state index is 13.2. The van der Waals surface area contributed by atoms with Crippen LogP contribution in [0.4, 0.5) is 17.6 Å². The number of carbonyl (C=O) groups excluding carboxylic acids is 1. The lowest BCUT2D eigenvalue weighted by Gasteiger charge is -2.23. The number of dihydropyridines is 1. The average molecular weight is 482 g/mol. The van der Waals surface area contributed by atoms with Crippen LogP contribution in [0, 0.1) is 11.3 Å². The Morgan fingerprint density at radius 2 is 2.12 bits per heavy atom. The molecule has 4 rings (SSSR count). The van der Waals surface area contributed by atoms with Crippen molar-refractivity contribution < 1.29 is 27.1 Å². The van der Waals surface area contributed by atoms with Crippen molar-refractivity contribution in [2.75, 3.05) is 6.54 Å². The molecule has 0 saturated carbocycles. The number of aromatic nitrogens is 2. The van der Waals surface area contributed by atoms with Gasteiger partial charge in [0.05, 0.1) is 29.4 Å². The van der Waals surface area contributed by atoms with Crippen LogP contribution in [0.2, 0.25) is 5.02 Å². The van der Waals surface area contributed by atoms with Gasteiger partial charge >= 0.3 is 6.18 Å². The number of hydrogen-bond donors (Lipinski definition) is 0. The van der Waals surface area contributed by atoms with Gasteiger partial charge in [0.25, 0.3) is 5.91 Å². The highest BCUT2D eigenvalue weighted by Gasteiger charge is 2.39. The summed E-state index contributed by atoms with van der Waals surface area (Å²) < 4.78 is 58.7. The zero-order chi connectivity index (χ0) is 23.9. The van der Waals surface area contributed by atoms with Crippen molar-refractivity contribution in [2.45, 2.75) is 38.5 Å². The molecule has 7 nitrogen and oxygen atoms in total. The first-order valence-electron chi connectivity index (χ1n) is 9.78. The molecule has 2 aromatic rings. The van der Waals surface area contributed by atoms with Crippen LogP contribution in [0.25, 0.3) is 0 Å². The van der Waals surface area contributed by atoms with Gasteiger partial charge in [-0.3, -0.25) is 9.79 Å². The van der Waals surface area contributed by atoms with Crippen LogP contribution in [0.5, 0.6) is 5.75 Å². The van der Waals surface area contributed by atoms with Crippen molar-refractivity contribution in [2.24, 2.45) is 4.99 Å². The molecule has 2 aliphatic heterocycles. The first kappa shape index (κ1) is 22.8. The van der Waals surface area contributed by atoms with Crippen LogP contribution >= 0.6 is 11.6 Å². The van der Waals surface area contributed by atoms with Crippen LogP contribution in [0.15, 0.2) is 35.5 Å². The molecule has 1 aromatic carbocycles. The molecular formula is C21H16ClF4N5O2. The van der Waals surface area contributed by atoms with Crippen molar-refractivity contribution in [3.8, 4) is 11.8 Å². The minimum absolute atomic E-state index is 0.00612. The summed E-state index contributed by atoms with van der Waals surface area (Å²) in [4.78, 5) is 18.7. The molecule has 0 saturated heterocycles. The number of alkyl halides is 4. The van der Waals surface area contributed by atoms with Gasteiger partial charge in [-0.15, -0.1) is 0 Å². The summed E-state index contributed by atoms with van der Waals surface area (Å²) in [6.07, 6.45) is -3.46. The minimum atomic E-state index is -4.66. The third-order valence-electron chi connectivity index (χ3n) is 5.19. The number of allylic oxidation sites excluding steroid dienone is 1. The number of rotatable bonds is 3. The van der Waals surface area contributed by atoms with E-state index in [1.165, 1.54) is 27.8 Å². The predicted octanol–water partition coefficient (Wildman–Crippen LogP) is 4.05. The molecule has 2 unspecified atom stereocenters. The van der Waals surface area contributed by atoms with Gasteiger partial charge in [-0.1, -0.05) is 11.6 Å². The van der Waals surface area contributed by atoms with Crippen molar-refractivity contribution in [1.29, 1.82) is 5.26 Å². The van der Waals surface area contributed by atoms with E-state index >= 15 is 0 Å². The SMILES string of the molecule is CC(Oc1ccc(C#N)c(Cl)c1C(=O)N1Cc2cn(C3=NCC(F)C=C3)nc2C1)C(F)(F)F. The molecule has 33 heavy (non-hydrogen) atoms. The molecule has 3 heterocycles. The van der Waals surface area contributed by atoms with Gasteiger partial charge in [0.1, 0.15) is 29.4 Å². The number of ether oxygens (including phenoxy) is 1. The Balaban J connectivity index is 1.59. The lowest BCUT2D eigenvalue weighted by Crippen LogP contribution is -2.33. The molecule has 0 bridgehead atoms. The van der Waals surface area contributed by atoms with Gasteiger partial charge in [-0.05, 0) is 31.2 Å². The zero-order valence-electron chi connectivity index (χ0n) is 17.1. The van der Waals surface area contributed by atoms with Crippen LogP contribution in [-0.4, -0.2) is 51.4 Å². The first-order chi connectivity index (χ1) is 15.6. The number of halogens is 5. The normalized spacial score (nSPS) is 18.5. The van der Waals surface area contributed by atoms with Gasteiger partial charge in [0.2, 0.25) is 0 Å². The Labute approximate surface area is 190 Å². The standard InChI is InChI=1S/C21H16ClF4N5O2/c1-11(21(24,25)26)33-16-4-2-12(6-27)19(22)18(16)20(32)30-8-13-9-31(29-15(13)10-30)17-5-3-14(23)7-28-17/h2-5,9,11,14H,7-8,10H2,1H3. The summed E-state index contributed by atoms with van der Waals surface area (Å²) in [5.74, 6) is -0.607. The van der Waals surface area contributed by atoms with E-state index in [4.69, 9.17) is 16.3 Å². The fourth-order valence-electron chi connectivity index (χ4n) is 3.40. The Hall–Kier alpha value is -3.39. The van der Waals surface area contributed by atoms with E-state index in [0.29, 0.717) is 17.1 Å². The number of fused-ring (bicyclic) bond motifs is 1. The summed E-state index contributed by atoms with van der Waals surface area (Å²) in [7, 11) is 0. The predicted molar refractivity (Wildman–Crippen MR) is 110 cm³/mol. The van der Waals surface area contributed by atoms with Crippen LogP contribution in [-0.2, 0) is 13.1 Å². The molecule has 2 atom stereocenters. The highest BCUT2D eigenvalue weighted by atomic mass is 35.5. The van der Waals surface area contributed by atoms with Crippen LogP contribution in [0.3, 0.4) is 0 Å². The second-order valence-corrected chi connectivity index (χ2v) is 7.87. The highest BCUT2D eigenvalue weighted by Crippen LogP contribution is 2.35. The minimum Gasteiger partial charge on any atom is -0.480 e. The maximum atomic E-state index is 13.2. The second kappa shape index (κ2) is 8.51. The third kappa shape index (κ3) is 4.43. The molecule has 2 aliphatic rings. The number of nitriles is 1. The second-order valence-electron chi connectivity index (χ2n) is 7.49. The van der Waals surface area contributed by atoms with Gasteiger partial charge in [-0.25, -0.2) is 9.07 Å². The molecule has 0 N–H and O–H groups in total. The largest absolute Gasteiger partial charge is 0.480 e. The molecule has 1 aromatic heterocycles. The average Bonchev–Trinajstić information content (AvgIpc) is 3.33. The van der Waals surface area contributed by atoms with Crippen molar-refractivity contribution in [3.05, 3.63) is 57.9 Å². The quantitative estimate of drug-likeness (QED) is 0.619. The van der Waals surface area contributed by atoms with E-state index in [9.17, 15) is 27.6 Å². The molecule has 12 heteroatoms. The molecule has 0 spiro atoms. The highest BCUT2D eigenvalue weighted by molar-refractivity contribution is 6.35. The number of nitrogens with zero attached hydrogens (tertiary/aromatic N) is 5. The van der Waals surface area contributed by atoms with E-state index in [0.717, 1.165) is 13.0 Å². The van der Waals surface area contributed by atoms with Crippen molar-refractivity contribution in [1.82, 2.24) is 14.7 Å². The van der Waals surface area contributed by atoms with E-state index in [-0.39, 0.29) is 41.5 Å². The Morgan fingerprint density at radius 1 is 1.36 bits per heavy atom. The number of hydrogen-bond acceptors (Lipinski definition) is 5. The van der Waals surface area contributed by atoms with E-state index in [2.05, 4.69) is 10.1 Å². The van der Waals surface area contributed by atoms with E-state index in [1.54, 1.807) is 6.20 Å². The zero-order valence-corrected chi connectivity index (χ0v) is 17.9. The summed E-state index contributed by atoms with van der Waals surface area (Å²) in [6.45, 7) is 0.972. The molecule has 172 valence electrons. The van der Waals surface area contributed by atoms with Crippen molar-refractivity contribution >= 4 is 23.3 Å². The summed E-state index contributed by atoms with van der Waals surface area (Å²) >= 11 is 6.20. The van der Waals surface area contributed by atoms with Crippen molar-refractivity contribution in [3.63, 3.8) is 0 Å². The molecule has 0 fully saturated rings. The monoisotopic (exact) mass is 481 g/mol. The van der Waals surface area contributed by atoms with Gasteiger partial charge in [-0.2, -0.15) is 23.5 Å². The molecule has 0 radical (unpaired) electrons. The summed E-state index contributed by atoms with van der Waals surface area (Å²) in [5.41, 5.74) is 0.863. The van der Waals surface area contributed by atoms with Crippen LogP contribution in [0.1, 0.15) is 34.1 Å². The topological polar surface area (TPSA) is 83.5 Å². The number of benzene rings is 1. The fourth-order valence-corrected chi connectivity index (χ4v) is 3.68.